The lowest BCUT2D eigenvalue weighted by Crippen LogP contribution is -2.35. The molecule has 0 bridgehead atoms. The molecule has 0 spiro atoms. The Morgan fingerprint density at radius 1 is 1.30 bits per heavy atom. The van der Waals surface area contributed by atoms with Crippen LogP contribution in [0.5, 0.6) is 0 Å². The summed E-state index contributed by atoms with van der Waals surface area (Å²) in [5.74, 6) is 1.73. The molecule has 106 valence electrons. The predicted molar refractivity (Wildman–Crippen MR) is 89.1 cm³/mol. The first-order valence-electron chi connectivity index (χ1n) is 6.32. The van der Waals surface area contributed by atoms with Gasteiger partial charge in [-0.25, -0.2) is 4.98 Å². The fourth-order valence-electron chi connectivity index (χ4n) is 2.11. The molecule has 2 heterocycles. The number of oxazole rings is 1. The molecule has 1 aromatic heterocycles. The van der Waals surface area contributed by atoms with E-state index in [0.717, 1.165) is 36.1 Å². The lowest BCUT2D eigenvalue weighted by atomic mass is 10.1. The monoisotopic (exact) mass is 384 g/mol. The van der Waals surface area contributed by atoms with Crippen molar-refractivity contribution in [2.75, 3.05) is 20.1 Å². The molecule has 5 nitrogen and oxygen atoms in total. The van der Waals surface area contributed by atoms with E-state index in [-0.39, 0.29) is 24.0 Å². The van der Waals surface area contributed by atoms with Crippen LogP contribution < -0.4 is 5.32 Å². The Hall–Kier alpha value is -1.57. The Balaban J connectivity index is 0.00000147. The number of aromatic nitrogens is 1. The molecule has 1 aliphatic rings. The van der Waals surface area contributed by atoms with Crippen LogP contribution in [0.15, 0.2) is 46.1 Å². The van der Waals surface area contributed by atoms with Gasteiger partial charge in [0.2, 0.25) is 0 Å². The zero-order valence-electron chi connectivity index (χ0n) is 11.2. The zero-order valence-corrected chi connectivity index (χ0v) is 13.6. The number of benzene rings is 1. The topological polar surface area (TPSA) is 53.7 Å². The van der Waals surface area contributed by atoms with Crippen molar-refractivity contribution in [1.82, 2.24) is 15.2 Å². The van der Waals surface area contributed by atoms with Gasteiger partial charge in [0.25, 0.3) is 0 Å². The molecule has 20 heavy (non-hydrogen) atoms. The van der Waals surface area contributed by atoms with Crippen LogP contribution in [-0.2, 0) is 6.54 Å². The molecular weight excluding hydrogens is 367 g/mol. The molecule has 1 aliphatic heterocycles. The average molecular weight is 384 g/mol. The van der Waals surface area contributed by atoms with Crippen molar-refractivity contribution in [2.24, 2.45) is 4.99 Å². The van der Waals surface area contributed by atoms with Gasteiger partial charge < -0.3 is 14.6 Å². The van der Waals surface area contributed by atoms with Crippen LogP contribution in [0.3, 0.4) is 0 Å². The maximum absolute atomic E-state index is 5.49. The number of rotatable bonds is 3. The van der Waals surface area contributed by atoms with E-state index in [1.807, 2.05) is 37.4 Å². The molecule has 1 aromatic carbocycles. The number of guanidine groups is 1. The molecular formula is C14H17IN4O. The van der Waals surface area contributed by atoms with Crippen molar-refractivity contribution >= 4 is 29.9 Å². The number of hydrogen-bond acceptors (Lipinski definition) is 5. The Kier molecular flexibility index (Phi) is 4.99. The minimum absolute atomic E-state index is 0. The summed E-state index contributed by atoms with van der Waals surface area (Å²) in [4.78, 5) is 10.8. The van der Waals surface area contributed by atoms with Crippen molar-refractivity contribution in [3.8, 4) is 11.3 Å². The van der Waals surface area contributed by atoms with Gasteiger partial charge in [0, 0.05) is 19.2 Å². The molecule has 6 heteroatoms. The summed E-state index contributed by atoms with van der Waals surface area (Å²) in [5, 5.41) is 3.30. The first-order chi connectivity index (χ1) is 9.34. The fourth-order valence-corrected chi connectivity index (χ4v) is 2.11. The number of nitrogens with zero attached hydrogens (tertiary/aromatic N) is 3. The molecule has 0 saturated carbocycles. The molecule has 0 aliphatic carbocycles. The smallest absolute Gasteiger partial charge is 0.194 e. The summed E-state index contributed by atoms with van der Waals surface area (Å²) in [6.07, 6.45) is 1.49. The van der Waals surface area contributed by atoms with Gasteiger partial charge in [-0.3, -0.25) is 4.99 Å². The zero-order chi connectivity index (χ0) is 13.1. The second kappa shape index (κ2) is 6.74. The van der Waals surface area contributed by atoms with Crippen molar-refractivity contribution in [2.45, 2.75) is 6.54 Å². The van der Waals surface area contributed by atoms with E-state index in [1.165, 1.54) is 6.39 Å². The number of aliphatic imine (C=N–C) groups is 1. The minimum atomic E-state index is 0. The van der Waals surface area contributed by atoms with E-state index in [2.05, 4.69) is 20.2 Å². The molecule has 2 aromatic rings. The summed E-state index contributed by atoms with van der Waals surface area (Å²) in [7, 11) is 2.03. The summed E-state index contributed by atoms with van der Waals surface area (Å²) < 4.78 is 5.49. The highest BCUT2D eigenvalue weighted by molar-refractivity contribution is 14.0. The highest BCUT2D eigenvalue weighted by Crippen LogP contribution is 2.22. The van der Waals surface area contributed by atoms with E-state index in [0.29, 0.717) is 6.54 Å². The van der Waals surface area contributed by atoms with Gasteiger partial charge in [0.1, 0.15) is 5.69 Å². The summed E-state index contributed by atoms with van der Waals surface area (Å²) in [6, 6.07) is 10.0. The van der Waals surface area contributed by atoms with Gasteiger partial charge in [-0.15, -0.1) is 24.0 Å². The molecule has 0 radical (unpaired) electrons. The molecule has 0 amide bonds. The standard InChI is InChI=1S/C14H16N4O.HI/c1-18-8-7-15-14(18)16-9-12-13(19-10-17-12)11-5-3-2-4-6-11;/h2-6,10H,7-9H2,1H3,(H,15,16);1H. The second-order valence-electron chi connectivity index (χ2n) is 4.47. The average Bonchev–Trinajstić information content (AvgIpc) is 3.06. The van der Waals surface area contributed by atoms with E-state index < -0.39 is 0 Å². The maximum Gasteiger partial charge on any atom is 0.194 e. The number of hydrogen-bond donors (Lipinski definition) is 1. The number of nitrogens with one attached hydrogen (secondary N) is 1. The third kappa shape index (κ3) is 3.12. The van der Waals surface area contributed by atoms with Crippen LogP contribution in [0, 0.1) is 0 Å². The van der Waals surface area contributed by atoms with Gasteiger partial charge in [-0.2, -0.15) is 0 Å². The lowest BCUT2D eigenvalue weighted by Gasteiger charge is -2.14. The molecule has 0 fully saturated rings. The van der Waals surface area contributed by atoms with Gasteiger partial charge >= 0.3 is 0 Å². The first kappa shape index (κ1) is 14.8. The van der Waals surface area contributed by atoms with Gasteiger partial charge in [-0.1, -0.05) is 30.3 Å². The van der Waals surface area contributed by atoms with E-state index in [1.54, 1.807) is 0 Å². The van der Waals surface area contributed by atoms with Crippen molar-refractivity contribution in [3.63, 3.8) is 0 Å². The molecule has 0 atom stereocenters. The number of likely N-dealkylation sites (N-methyl/N-ethyl adjacent to an activating group) is 1. The van der Waals surface area contributed by atoms with Gasteiger partial charge in [0.05, 0.1) is 13.1 Å². The quantitative estimate of drug-likeness (QED) is 0.826. The van der Waals surface area contributed by atoms with Crippen molar-refractivity contribution < 1.29 is 4.42 Å². The highest BCUT2D eigenvalue weighted by atomic mass is 127. The van der Waals surface area contributed by atoms with Crippen LogP contribution in [0.2, 0.25) is 0 Å². The van der Waals surface area contributed by atoms with Crippen molar-refractivity contribution in [1.29, 1.82) is 0 Å². The van der Waals surface area contributed by atoms with Crippen molar-refractivity contribution in [3.05, 3.63) is 42.4 Å². The Bertz CT molecular complexity index is 582. The third-order valence-electron chi connectivity index (χ3n) is 3.15. The molecule has 0 unspecified atom stereocenters. The van der Waals surface area contributed by atoms with Gasteiger partial charge in [0.15, 0.2) is 18.1 Å². The summed E-state index contributed by atoms with van der Waals surface area (Å²) in [5.41, 5.74) is 1.94. The van der Waals surface area contributed by atoms with E-state index >= 15 is 0 Å². The minimum Gasteiger partial charge on any atom is -0.443 e. The second-order valence-corrected chi connectivity index (χ2v) is 4.47. The van der Waals surface area contributed by atoms with Crippen LogP contribution in [-0.4, -0.2) is 36.0 Å². The first-order valence-corrected chi connectivity index (χ1v) is 6.32. The molecule has 1 N–H and O–H groups in total. The third-order valence-corrected chi connectivity index (χ3v) is 3.15. The Labute approximate surface area is 135 Å². The molecule has 3 rings (SSSR count). The van der Waals surface area contributed by atoms with Crippen LogP contribution >= 0.6 is 24.0 Å². The lowest BCUT2D eigenvalue weighted by molar-refractivity contribution is 0.533. The SMILES string of the molecule is CN1CCN=C1NCc1ncoc1-c1ccccc1.I. The largest absolute Gasteiger partial charge is 0.443 e. The van der Waals surface area contributed by atoms with Crippen LogP contribution in [0.4, 0.5) is 0 Å². The highest BCUT2D eigenvalue weighted by Gasteiger charge is 2.14. The summed E-state index contributed by atoms with van der Waals surface area (Å²) in [6.45, 7) is 2.43. The van der Waals surface area contributed by atoms with Gasteiger partial charge in [-0.05, 0) is 0 Å². The van der Waals surface area contributed by atoms with E-state index in [9.17, 15) is 0 Å². The van der Waals surface area contributed by atoms with Crippen LogP contribution in [0.25, 0.3) is 11.3 Å². The molecule has 0 saturated heterocycles. The maximum atomic E-state index is 5.49. The predicted octanol–water partition coefficient (Wildman–Crippen LogP) is 2.35. The Morgan fingerprint density at radius 3 is 2.80 bits per heavy atom. The van der Waals surface area contributed by atoms with Crippen LogP contribution in [0.1, 0.15) is 5.69 Å². The summed E-state index contributed by atoms with van der Waals surface area (Å²) >= 11 is 0. The normalized spacial score (nSPS) is 13.8. The Morgan fingerprint density at radius 2 is 2.10 bits per heavy atom. The number of halogens is 1. The fraction of sp³-hybridized carbons (Fsp3) is 0.286. The van der Waals surface area contributed by atoms with E-state index in [4.69, 9.17) is 4.42 Å².